The Bertz CT molecular complexity index is 450. The average Bonchev–Trinajstić information content (AvgIpc) is 2.49. The highest BCUT2D eigenvalue weighted by atomic mass is 16.3. The van der Waals surface area contributed by atoms with Gasteiger partial charge in [0.05, 0.1) is 0 Å². The summed E-state index contributed by atoms with van der Waals surface area (Å²) in [6.07, 6.45) is 5.45. The van der Waals surface area contributed by atoms with Crippen LogP contribution in [0.4, 0.5) is 11.6 Å². The second-order valence-corrected chi connectivity index (χ2v) is 5.54. The molecule has 2 unspecified atom stereocenters. The quantitative estimate of drug-likeness (QED) is 0.771. The first-order valence-electron chi connectivity index (χ1n) is 7.62. The van der Waals surface area contributed by atoms with Gasteiger partial charge in [0.1, 0.15) is 17.5 Å². The number of rotatable bonds is 5. The van der Waals surface area contributed by atoms with Crippen LogP contribution in [0.2, 0.25) is 0 Å². The topological polar surface area (TPSA) is 70.1 Å². The highest BCUT2D eigenvalue weighted by molar-refractivity contribution is 5.57. The maximum absolute atomic E-state index is 9.53. The SMILES string of the molecule is CCc1nc(NC)c(C)c(NC2CCCCC2CO)n1. The summed E-state index contributed by atoms with van der Waals surface area (Å²) >= 11 is 0. The molecule has 1 aliphatic carbocycles. The molecule has 20 heavy (non-hydrogen) atoms. The van der Waals surface area contributed by atoms with E-state index in [1.807, 2.05) is 14.0 Å². The van der Waals surface area contributed by atoms with Crippen molar-refractivity contribution in [2.45, 2.75) is 52.0 Å². The number of nitrogens with one attached hydrogen (secondary N) is 2. The van der Waals surface area contributed by atoms with E-state index in [2.05, 4.69) is 27.5 Å². The smallest absolute Gasteiger partial charge is 0.135 e. The van der Waals surface area contributed by atoms with E-state index in [1.165, 1.54) is 12.8 Å². The average molecular weight is 278 g/mol. The van der Waals surface area contributed by atoms with Gasteiger partial charge in [-0.2, -0.15) is 0 Å². The number of anilines is 2. The lowest BCUT2D eigenvalue weighted by Crippen LogP contribution is -2.35. The second kappa shape index (κ2) is 6.88. The van der Waals surface area contributed by atoms with Gasteiger partial charge in [0, 0.05) is 37.6 Å². The van der Waals surface area contributed by atoms with Crippen molar-refractivity contribution in [1.29, 1.82) is 0 Å². The largest absolute Gasteiger partial charge is 0.396 e. The molecule has 0 saturated heterocycles. The molecule has 5 nitrogen and oxygen atoms in total. The Morgan fingerprint density at radius 3 is 2.55 bits per heavy atom. The van der Waals surface area contributed by atoms with Gasteiger partial charge >= 0.3 is 0 Å². The van der Waals surface area contributed by atoms with Crippen molar-refractivity contribution in [3.63, 3.8) is 0 Å². The fourth-order valence-corrected chi connectivity index (χ4v) is 2.90. The molecule has 1 aromatic heterocycles. The first-order valence-corrected chi connectivity index (χ1v) is 7.62. The molecule has 1 aromatic rings. The minimum atomic E-state index is 0.251. The molecule has 1 fully saturated rings. The maximum atomic E-state index is 9.53. The lowest BCUT2D eigenvalue weighted by molar-refractivity contribution is 0.178. The van der Waals surface area contributed by atoms with Crippen LogP contribution in [0.25, 0.3) is 0 Å². The summed E-state index contributed by atoms with van der Waals surface area (Å²) in [5.74, 6) is 2.97. The molecule has 0 aliphatic heterocycles. The molecule has 2 rings (SSSR count). The zero-order chi connectivity index (χ0) is 14.5. The summed E-state index contributed by atoms with van der Waals surface area (Å²) in [7, 11) is 1.88. The number of nitrogens with zero attached hydrogens (tertiary/aromatic N) is 2. The summed E-state index contributed by atoms with van der Waals surface area (Å²) in [5.41, 5.74) is 1.05. The van der Waals surface area contributed by atoms with Gasteiger partial charge in [0.25, 0.3) is 0 Å². The first kappa shape index (κ1) is 15.0. The van der Waals surface area contributed by atoms with Crippen LogP contribution >= 0.6 is 0 Å². The molecular weight excluding hydrogens is 252 g/mol. The van der Waals surface area contributed by atoms with E-state index >= 15 is 0 Å². The van der Waals surface area contributed by atoms with Gasteiger partial charge in [-0.25, -0.2) is 9.97 Å². The van der Waals surface area contributed by atoms with Crippen molar-refractivity contribution in [3.8, 4) is 0 Å². The van der Waals surface area contributed by atoms with E-state index in [4.69, 9.17) is 0 Å². The van der Waals surface area contributed by atoms with Crippen molar-refractivity contribution in [3.05, 3.63) is 11.4 Å². The minimum absolute atomic E-state index is 0.251. The maximum Gasteiger partial charge on any atom is 0.135 e. The van der Waals surface area contributed by atoms with Crippen LogP contribution in [-0.2, 0) is 6.42 Å². The summed E-state index contributed by atoms with van der Waals surface area (Å²) in [5, 5.41) is 16.2. The van der Waals surface area contributed by atoms with Crippen molar-refractivity contribution in [2.75, 3.05) is 24.3 Å². The Labute approximate surface area is 121 Å². The van der Waals surface area contributed by atoms with Crippen molar-refractivity contribution >= 4 is 11.6 Å². The van der Waals surface area contributed by atoms with E-state index in [0.717, 1.165) is 42.3 Å². The molecule has 0 aromatic carbocycles. The molecule has 1 heterocycles. The summed E-state index contributed by atoms with van der Waals surface area (Å²) < 4.78 is 0. The molecule has 0 bridgehead atoms. The third-order valence-electron chi connectivity index (χ3n) is 4.21. The second-order valence-electron chi connectivity index (χ2n) is 5.54. The first-order chi connectivity index (χ1) is 9.69. The van der Waals surface area contributed by atoms with Crippen molar-refractivity contribution < 1.29 is 5.11 Å². The zero-order valence-electron chi connectivity index (χ0n) is 12.7. The van der Waals surface area contributed by atoms with Crippen molar-refractivity contribution in [1.82, 2.24) is 9.97 Å². The number of aromatic nitrogens is 2. The van der Waals surface area contributed by atoms with Gasteiger partial charge in [-0.3, -0.25) is 0 Å². The Kier molecular flexibility index (Phi) is 5.17. The molecular formula is C15H26N4O. The third kappa shape index (κ3) is 3.20. The zero-order valence-corrected chi connectivity index (χ0v) is 12.7. The molecule has 112 valence electrons. The summed E-state index contributed by atoms with van der Waals surface area (Å²) in [4.78, 5) is 9.11. The van der Waals surface area contributed by atoms with Crippen LogP contribution in [-0.4, -0.2) is 34.8 Å². The van der Waals surface area contributed by atoms with Crippen LogP contribution in [0, 0.1) is 12.8 Å². The Hall–Kier alpha value is -1.36. The predicted octanol–water partition coefficient (Wildman–Crippen LogP) is 2.35. The van der Waals surface area contributed by atoms with Gasteiger partial charge in [-0.15, -0.1) is 0 Å². The van der Waals surface area contributed by atoms with Gasteiger partial charge in [-0.05, 0) is 19.8 Å². The normalized spacial score (nSPS) is 22.6. The van der Waals surface area contributed by atoms with E-state index < -0.39 is 0 Å². The van der Waals surface area contributed by atoms with Crippen LogP contribution < -0.4 is 10.6 Å². The lowest BCUT2D eigenvalue weighted by Gasteiger charge is -2.32. The summed E-state index contributed by atoms with van der Waals surface area (Å²) in [6, 6.07) is 0.316. The molecule has 5 heteroatoms. The third-order valence-corrected chi connectivity index (χ3v) is 4.21. The van der Waals surface area contributed by atoms with E-state index in [1.54, 1.807) is 0 Å². The van der Waals surface area contributed by atoms with Crippen LogP contribution in [0.1, 0.15) is 44.0 Å². The Morgan fingerprint density at radius 1 is 1.20 bits per heavy atom. The number of aliphatic hydroxyl groups excluding tert-OH is 1. The fraction of sp³-hybridized carbons (Fsp3) is 0.733. The number of hydrogen-bond acceptors (Lipinski definition) is 5. The molecule has 0 radical (unpaired) electrons. The lowest BCUT2D eigenvalue weighted by atomic mass is 9.85. The highest BCUT2D eigenvalue weighted by Crippen LogP contribution is 2.28. The molecule has 0 spiro atoms. The fourth-order valence-electron chi connectivity index (χ4n) is 2.90. The molecule has 2 atom stereocenters. The monoisotopic (exact) mass is 278 g/mol. The van der Waals surface area contributed by atoms with Gasteiger partial charge < -0.3 is 15.7 Å². The van der Waals surface area contributed by atoms with Gasteiger partial charge in [0.2, 0.25) is 0 Å². The summed E-state index contributed by atoms with van der Waals surface area (Å²) in [6.45, 7) is 4.34. The van der Waals surface area contributed by atoms with Gasteiger partial charge in [-0.1, -0.05) is 19.8 Å². The molecule has 0 amide bonds. The number of aliphatic hydroxyl groups is 1. The highest BCUT2D eigenvalue weighted by Gasteiger charge is 2.25. The van der Waals surface area contributed by atoms with E-state index in [9.17, 15) is 5.11 Å². The number of aryl methyl sites for hydroxylation is 1. The minimum Gasteiger partial charge on any atom is -0.396 e. The number of hydrogen-bond donors (Lipinski definition) is 3. The van der Waals surface area contributed by atoms with E-state index in [0.29, 0.717) is 12.0 Å². The molecule has 1 saturated carbocycles. The van der Waals surface area contributed by atoms with Crippen molar-refractivity contribution in [2.24, 2.45) is 5.92 Å². The van der Waals surface area contributed by atoms with Gasteiger partial charge in [0.15, 0.2) is 0 Å². The predicted molar refractivity (Wildman–Crippen MR) is 82.1 cm³/mol. The Morgan fingerprint density at radius 2 is 1.90 bits per heavy atom. The Balaban J connectivity index is 2.23. The van der Waals surface area contributed by atoms with Crippen LogP contribution in [0.15, 0.2) is 0 Å². The van der Waals surface area contributed by atoms with E-state index in [-0.39, 0.29) is 6.61 Å². The van der Waals surface area contributed by atoms with Crippen LogP contribution in [0.5, 0.6) is 0 Å². The molecule has 1 aliphatic rings. The standard InChI is InChI=1S/C15H26N4O/c1-4-13-18-14(16-3)10(2)15(19-13)17-12-8-6-5-7-11(12)9-20/h11-12,20H,4-9H2,1-3H3,(H2,16,17,18,19). The van der Waals surface area contributed by atoms with Crippen LogP contribution in [0.3, 0.4) is 0 Å². The molecule has 3 N–H and O–H groups in total.